The Morgan fingerprint density at radius 1 is 0.724 bits per heavy atom. The van der Waals surface area contributed by atoms with Gasteiger partial charge in [-0.1, -0.05) is 96.8 Å². The number of amides is 2. The summed E-state index contributed by atoms with van der Waals surface area (Å²) < 4.78 is 0. The van der Waals surface area contributed by atoms with Gasteiger partial charge in [0.15, 0.2) is 0 Å². The summed E-state index contributed by atoms with van der Waals surface area (Å²) in [5, 5.41) is 5.45. The maximum atomic E-state index is 12.0. The molecule has 0 aliphatic heterocycles. The predicted octanol–water partition coefficient (Wildman–Crippen LogP) is 5.22. The molecule has 0 bridgehead atoms. The summed E-state index contributed by atoms with van der Waals surface area (Å²) in [6, 6.07) is -0.451. The smallest absolute Gasteiger partial charge is 0.242 e. The molecule has 1 atom stereocenters. The number of hydrogen-bond donors (Lipinski definition) is 3. The Kier molecular flexibility index (Phi) is 20.8. The third-order valence-electron chi connectivity index (χ3n) is 5.60. The van der Waals surface area contributed by atoms with Crippen LogP contribution < -0.4 is 16.4 Å². The lowest BCUT2D eigenvalue weighted by atomic mass is 10.0. The van der Waals surface area contributed by atoms with E-state index in [4.69, 9.17) is 5.73 Å². The molecule has 0 saturated heterocycles. The number of carbonyl (C=O) groups is 2. The molecule has 0 spiro atoms. The van der Waals surface area contributed by atoms with Gasteiger partial charge in [-0.2, -0.15) is 0 Å². The second-order valence-electron chi connectivity index (χ2n) is 8.37. The fourth-order valence-electron chi connectivity index (χ4n) is 3.69. The average molecular weight is 412 g/mol. The fourth-order valence-corrected chi connectivity index (χ4v) is 3.69. The van der Waals surface area contributed by atoms with Gasteiger partial charge in [-0.15, -0.1) is 0 Å². The van der Waals surface area contributed by atoms with Crippen LogP contribution in [0.4, 0.5) is 0 Å². The van der Waals surface area contributed by atoms with E-state index >= 15 is 0 Å². The molecule has 0 aromatic heterocycles. The van der Waals surface area contributed by atoms with Crippen LogP contribution in [0.1, 0.15) is 122 Å². The summed E-state index contributed by atoms with van der Waals surface area (Å²) >= 11 is 0. The van der Waals surface area contributed by atoms with Crippen molar-refractivity contribution in [1.82, 2.24) is 10.6 Å². The molecule has 4 N–H and O–H groups in total. The van der Waals surface area contributed by atoms with Crippen LogP contribution in [-0.2, 0) is 9.59 Å². The summed E-state index contributed by atoms with van der Waals surface area (Å²) in [7, 11) is 1.60. The first-order valence-electron chi connectivity index (χ1n) is 12.4. The largest absolute Gasteiger partial charge is 0.357 e. The molecular formula is C24H49N3O2. The fraction of sp³-hybridized carbons (Fsp3) is 0.917. The Hall–Kier alpha value is -1.10. The van der Waals surface area contributed by atoms with Crippen LogP contribution in [0.2, 0.25) is 0 Å². The zero-order valence-corrected chi connectivity index (χ0v) is 19.4. The molecule has 0 aliphatic carbocycles. The van der Waals surface area contributed by atoms with Crippen molar-refractivity contribution in [3.05, 3.63) is 0 Å². The van der Waals surface area contributed by atoms with Gasteiger partial charge < -0.3 is 16.4 Å². The molecule has 29 heavy (non-hydrogen) atoms. The summed E-state index contributed by atoms with van der Waals surface area (Å²) in [5.41, 5.74) is 5.50. The molecule has 0 aliphatic rings. The molecule has 0 heterocycles. The van der Waals surface area contributed by atoms with Crippen LogP contribution >= 0.6 is 0 Å². The molecule has 0 aromatic rings. The highest BCUT2D eigenvalue weighted by Gasteiger charge is 2.18. The summed E-state index contributed by atoms with van der Waals surface area (Å²) in [5.74, 6) is -0.159. The van der Waals surface area contributed by atoms with E-state index in [-0.39, 0.29) is 11.8 Å². The molecule has 1 unspecified atom stereocenters. The van der Waals surface area contributed by atoms with Crippen LogP contribution in [0.15, 0.2) is 0 Å². The van der Waals surface area contributed by atoms with E-state index in [2.05, 4.69) is 17.6 Å². The molecule has 0 saturated carbocycles. The Morgan fingerprint density at radius 2 is 1.17 bits per heavy atom. The minimum absolute atomic E-state index is 0.0229. The molecule has 5 heteroatoms. The van der Waals surface area contributed by atoms with Crippen LogP contribution in [0.3, 0.4) is 0 Å². The van der Waals surface area contributed by atoms with Crippen molar-refractivity contribution in [1.29, 1.82) is 0 Å². The Morgan fingerprint density at radius 3 is 1.59 bits per heavy atom. The number of carbonyl (C=O) groups excluding carboxylic acids is 2. The van der Waals surface area contributed by atoms with Gasteiger partial charge in [0.25, 0.3) is 0 Å². The lowest BCUT2D eigenvalue weighted by molar-refractivity contribution is -0.129. The number of rotatable bonds is 21. The van der Waals surface area contributed by atoms with E-state index in [9.17, 15) is 9.59 Å². The van der Waals surface area contributed by atoms with Gasteiger partial charge in [0, 0.05) is 13.5 Å². The molecule has 0 fully saturated rings. The number of nitrogens with one attached hydrogen (secondary N) is 2. The van der Waals surface area contributed by atoms with Crippen molar-refractivity contribution in [3.63, 3.8) is 0 Å². The molecule has 172 valence electrons. The van der Waals surface area contributed by atoms with Crippen molar-refractivity contribution in [2.24, 2.45) is 5.73 Å². The second-order valence-corrected chi connectivity index (χ2v) is 8.37. The van der Waals surface area contributed by atoms with E-state index in [0.29, 0.717) is 19.4 Å². The molecule has 0 rings (SSSR count). The van der Waals surface area contributed by atoms with Crippen molar-refractivity contribution < 1.29 is 9.59 Å². The lowest BCUT2D eigenvalue weighted by Gasteiger charge is -2.16. The third kappa shape index (κ3) is 18.7. The summed E-state index contributed by atoms with van der Waals surface area (Å²) in [6.45, 7) is 2.80. The highest BCUT2D eigenvalue weighted by atomic mass is 16.2. The minimum atomic E-state index is -0.451. The van der Waals surface area contributed by atoms with Gasteiger partial charge in [0.2, 0.25) is 11.8 Å². The zero-order chi connectivity index (χ0) is 21.6. The predicted molar refractivity (Wildman–Crippen MR) is 124 cm³/mol. The highest BCUT2D eigenvalue weighted by molar-refractivity contribution is 5.87. The maximum absolute atomic E-state index is 12.0. The molecule has 2 amide bonds. The van der Waals surface area contributed by atoms with Crippen LogP contribution in [0.25, 0.3) is 0 Å². The second kappa shape index (κ2) is 21.6. The average Bonchev–Trinajstić information content (AvgIpc) is 2.73. The van der Waals surface area contributed by atoms with Gasteiger partial charge in [-0.25, -0.2) is 0 Å². The first-order valence-corrected chi connectivity index (χ1v) is 12.4. The molecule has 5 nitrogen and oxygen atoms in total. The van der Waals surface area contributed by atoms with Gasteiger partial charge >= 0.3 is 0 Å². The van der Waals surface area contributed by atoms with Crippen molar-refractivity contribution >= 4 is 11.8 Å². The number of nitrogens with two attached hydrogens (primary N) is 1. The molecule has 0 aromatic carbocycles. The Bertz CT molecular complexity index is 388. The first-order chi connectivity index (χ1) is 14.2. The van der Waals surface area contributed by atoms with Crippen LogP contribution in [0, 0.1) is 0 Å². The lowest BCUT2D eigenvalue weighted by Crippen LogP contribution is -2.45. The zero-order valence-electron chi connectivity index (χ0n) is 19.4. The van der Waals surface area contributed by atoms with Crippen LogP contribution in [-0.4, -0.2) is 31.4 Å². The van der Waals surface area contributed by atoms with Crippen LogP contribution in [0.5, 0.6) is 0 Å². The normalized spacial score (nSPS) is 12.0. The van der Waals surface area contributed by atoms with Gasteiger partial charge in [-0.05, 0) is 25.8 Å². The standard InChI is InChI=1S/C24H49N3O2/c1-3-4-5-6-7-8-9-10-11-12-13-14-15-16-17-20-23(28)27-22(19-18-21-25)24(29)26-2/h22H,3-21,25H2,1-2H3,(H,26,29)(H,27,28). The molecule has 0 radical (unpaired) electrons. The van der Waals surface area contributed by atoms with Crippen molar-refractivity contribution in [2.75, 3.05) is 13.6 Å². The van der Waals surface area contributed by atoms with Crippen molar-refractivity contribution in [2.45, 2.75) is 129 Å². The maximum Gasteiger partial charge on any atom is 0.242 e. The topological polar surface area (TPSA) is 84.2 Å². The Labute approximate surface area is 180 Å². The quantitative estimate of drug-likeness (QED) is 0.226. The van der Waals surface area contributed by atoms with E-state index in [0.717, 1.165) is 19.3 Å². The summed E-state index contributed by atoms with van der Waals surface area (Å²) in [6.07, 6.45) is 21.6. The number of likely N-dealkylation sites (N-methyl/N-ethyl adjacent to an activating group) is 1. The number of hydrogen-bond acceptors (Lipinski definition) is 3. The van der Waals surface area contributed by atoms with E-state index in [1.165, 1.54) is 83.5 Å². The monoisotopic (exact) mass is 411 g/mol. The first kappa shape index (κ1) is 27.9. The van der Waals surface area contributed by atoms with Gasteiger partial charge in [0.1, 0.15) is 6.04 Å². The summed E-state index contributed by atoms with van der Waals surface area (Å²) in [4.78, 5) is 23.8. The third-order valence-corrected chi connectivity index (χ3v) is 5.60. The van der Waals surface area contributed by atoms with Gasteiger partial charge in [-0.3, -0.25) is 9.59 Å². The Balaban J connectivity index is 3.46. The van der Waals surface area contributed by atoms with Crippen molar-refractivity contribution in [3.8, 4) is 0 Å². The number of unbranched alkanes of at least 4 members (excludes halogenated alkanes) is 14. The molecular weight excluding hydrogens is 362 g/mol. The minimum Gasteiger partial charge on any atom is -0.357 e. The SMILES string of the molecule is CCCCCCCCCCCCCCCCCC(=O)NC(CCCN)C(=O)NC. The van der Waals surface area contributed by atoms with E-state index in [1.807, 2.05) is 0 Å². The van der Waals surface area contributed by atoms with E-state index in [1.54, 1.807) is 7.05 Å². The van der Waals surface area contributed by atoms with Gasteiger partial charge in [0.05, 0.1) is 0 Å². The van der Waals surface area contributed by atoms with E-state index < -0.39 is 6.04 Å². The highest BCUT2D eigenvalue weighted by Crippen LogP contribution is 2.13.